The number of nitrogens with zero attached hydrogens (tertiary/aromatic N) is 4. The number of carbonyl (C=O) groups excluding carboxylic acids is 1. The lowest BCUT2D eigenvalue weighted by molar-refractivity contribution is 0.0329. The summed E-state index contributed by atoms with van der Waals surface area (Å²) in [6.07, 6.45) is 3.82. The molecule has 1 aromatic carbocycles. The maximum atomic E-state index is 13.3. The number of methoxy groups -OCH3 is 1. The van der Waals surface area contributed by atoms with Gasteiger partial charge in [-0.1, -0.05) is 11.6 Å². The molecule has 2 aromatic heterocycles. The van der Waals surface area contributed by atoms with Gasteiger partial charge in [0, 0.05) is 63.8 Å². The minimum Gasteiger partial charge on any atom is -0.494 e. The van der Waals surface area contributed by atoms with Crippen molar-refractivity contribution in [3.05, 3.63) is 35.2 Å². The van der Waals surface area contributed by atoms with E-state index in [1.807, 2.05) is 12.1 Å². The Kier molecular flexibility index (Phi) is 6.32. The Balaban J connectivity index is 1.25. The quantitative estimate of drug-likeness (QED) is 0.486. The third kappa shape index (κ3) is 4.44. The summed E-state index contributed by atoms with van der Waals surface area (Å²) in [6.45, 7) is 5.73. The maximum Gasteiger partial charge on any atom is 0.272 e. The summed E-state index contributed by atoms with van der Waals surface area (Å²) in [4.78, 5) is 19.9. The number of benzene rings is 1. The molecule has 1 amide bonds. The molecule has 2 N–H and O–H groups in total. The molecule has 0 atom stereocenters. The molecular weight excluding hydrogens is 484 g/mol. The van der Waals surface area contributed by atoms with Crippen LogP contribution in [0.3, 0.4) is 0 Å². The van der Waals surface area contributed by atoms with E-state index in [9.17, 15) is 4.79 Å². The summed E-state index contributed by atoms with van der Waals surface area (Å²) in [6, 6.07) is 5.54. The van der Waals surface area contributed by atoms with E-state index in [-0.39, 0.29) is 11.9 Å². The maximum absolute atomic E-state index is 13.3. The summed E-state index contributed by atoms with van der Waals surface area (Å²) in [5.41, 5.74) is 2.47. The molecule has 0 spiro atoms. The summed E-state index contributed by atoms with van der Waals surface area (Å²) in [5.74, 6) is 1.75. The van der Waals surface area contributed by atoms with E-state index in [4.69, 9.17) is 30.9 Å². The molecular formula is C25H29ClN6O4. The Morgan fingerprint density at radius 2 is 2.08 bits per heavy atom. The van der Waals surface area contributed by atoms with E-state index < -0.39 is 0 Å². The number of anilines is 1. The van der Waals surface area contributed by atoms with Crippen LogP contribution < -0.4 is 20.1 Å². The largest absolute Gasteiger partial charge is 0.494 e. The highest BCUT2D eigenvalue weighted by Gasteiger charge is 2.32. The van der Waals surface area contributed by atoms with Crippen LogP contribution in [0.25, 0.3) is 16.6 Å². The first-order valence-corrected chi connectivity index (χ1v) is 12.7. The van der Waals surface area contributed by atoms with Crippen LogP contribution in [0.4, 0.5) is 5.69 Å². The number of aromatic nitrogens is 3. The molecule has 3 aromatic rings. The van der Waals surface area contributed by atoms with Gasteiger partial charge in [-0.05, 0) is 18.8 Å². The number of ether oxygens (including phenoxy) is 3. The highest BCUT2D eigenvalue weighted by Crippen LogP contribution is 2.38. The minimum atomic E-state index is -0.228. The van der Waals surface area contributed by atoms with Crippen molar-refractivity contribution in [2.24, 2.45) is 5.92 Å². The van der Waals surface area contributed by atoms with Gasteiger partial charge in [0.2, 0.25) is 0 Å². The molecule has 0 saturated carbocycles. The second kappa shape index (κ2) is 9.76. The smallest absolute Gasteiger partial charge is 0.272 e. The van der Waals surface area contributed by atoms with Gasteiger partial charge in [0.05, 0.1) is 29.7 Å². The van der Waals surface area contributed by atoms with Crippen LogP contribution >= 0.6 is 11.6 Å². The Labute approximate surface area is 213 Å². The number of carbonyl (C=O) groups is 1. The van der Waals surface area contributed by atoms with Gasteiger partial charge in [-0.2, -0.15) is 5.10 Å². The average Bonchev–Trinajstić information content (AvgIpc) is 3.25. The molecule has 0 radical (unpaired) electrons. The van der Waals surface area contributed by atoms with Crippen molar-refractivity contribution in [3.63, 3.8) is 0 Å². The summed E-state index contributed by atoms with van der Waals surface area (Å²) in [7, 11) is 1.60. The number of halogens is 1. The Bertz CT molecular complexity index is 1290. The zero-order valence-electron chi connectivity index (χ0n) is 20.1. The Morgan fingerprint density at radius 3 is 2.89 bits per heavy atom. The second-order valence-corrected chi connectivity index (χ2v) is 9.91. The summed E-state index contributed by atoms with van der Waals surface area (Å²) < 4.78 is 18.6. The number of likely N-dealkylation sites (tertiary alicyclic amines) is 1. The fourth-order valence-electron chi connectivity index (χ4n) is 5.18. The van der Waals surface area contributed by atoms with Crippen molar-refractivity contribution in [3.8, 4) is 17.2 Å². The third-order valence-electron chi connectivity index (χ3n) is 7.08. The Morgan fingerprint density at radius 1 is 1.25 bits per heavy atom. The third-order valence-corrected chi connectivity index (χ3v) is 7.29. The van der Waals surface area contributed by atoms with Crippen LogP contribution in [-0.4, -0.2) is 84.7 Å². The normalized spacial score (nSPS) is 18.7. The molecule has 36 heavy (non-hydrogen) atoms. The molecule has 10 nitrogen and oxygen atoms in total. The first-order chi connectivity index (χ1) is 17.6. The van der Waals surface area contributed by atoms with E-state index in [0.29, 0.717) is 51.5 Å². The molecule has 3 aliphatic heterocycles. The van der Waals surface area contributed by atoms with Crippen molar-refractivity contribution < 1.29 is 19.0 Å². The van der Waals surface area contributed by atoms with Gasteiger partial charge in [0.15, 0.2) is 5.69 Å². The standard InChI is InChI=1S/C25H29ClN6O4/c1-34-22-8-18-21(36-7-4-27-18)9-20(22)32-19-10-23(26)28-11-17(19)24(30-32)25(33)29-16-13-31(14-16)12-15-2-5-35-6-3-15/h8-11,15-16,27H,2-7,12-14H2,1H3,(H,29,33). The number of rotatable bonds is 6. The average molecular weight is 513 g/mol. The summed E-state index contributed by atoms with van der Waals surface area (Å²) in [5, 5.41) is 12.1. The van der Waals surface area contributed by atoms with Gasteiger partial charge in [-0.3, -0.25) is 9.69 Å². The van der Waals surface area contributed by atoms with Crippen molar-refractivity contribution in [1.82, 2.24) is 25.0 Å². The van der Waals surface area contributed by atoms with Gasteiger partial charge in [0.1, 0.15) is 28.9 Å². The van der Waals surface area contributed by atoms with Crippen LogP contribution in [0.1, 0.15) is 23.3 Å². The van der Waals surface area contributed by atoms with Crippen LogP contribution in [0.2, 0.25) is 5.15 Å². The first-order valence-electron chi connectivity index (χ1n) is 12.3. The van der Waals surface area contributed by atoms with Gasteiger partial charge in [-0.25, -0.2) is 9.67 Å². The zero-order valence-corrected chi connectivity index (χ0v) is 20.9. The Hall–Kier alpha value is -3.08. The molecule has 0 aliphatic carbocycles. The molecule has 11 heteroatoms. The number of fused-ring (bicyclic) bond motifs is 2. The number of pyridine rings is 1. The van der Waals surface area contributed by atoms with E-state index in [1.165, 1.54) is 0 Å². The van der Waals surface area contributed by atoms with Crippen molar-refractivity contribution in [2.75, 3.05) is 58.4 Å². The molecule has 5 heterocycles. The number of hydrogen-bond donors (Lipinski definition) is 2. The second-order valence-electron chi connectivity index (χ2n) is 9.52. The molecule has 190 valence electrons. The number of hydrogen-bond acceptors (Lipinski definition) is 8. The van der Waals surface area contributed by atoms with Gasteiger partial charge < -0.3 is 24.8 Å². The lowest BCUT2D eigenvalue weighted by atomic mass is 9.97. The lowest BCUT2D eigenvalue weighted by Crippen LogP contribution is -2.60. The predicted molar refractivity (Wildman–Crippen MR) is 136 cm³/mol. The van der Waals surface area contributed by atoms with Crippen molar-refractivity contribution in [1.29, 1.82) is 0 Å². The van der Waals surface area contributed by atoms with Gasteiger partial charge in [-0.15, -0.1) is 0 Å². The van der Waals surface area contributed by atoms with Gasteiger partial charge >= 0.3 is 0 Å². The topological polar surface area (TPSA) is 103 Å². The van der Waals surface area contributed by atoms with E-state index in [2.05, 4.69) is 20.5 Å². The zero-order chi connectivity index (χ0) is 24.6. The van der Waals surface area contributed by atoms with Crippen molar-refractivity contribution >= 4 is 34.1 Å². The van der Waals surface area contributed by atoms with Crippen LogP contribution in [0.15, 0.2) is 24.4 Å². The minimum absolute atomic E-state index is 0.0931. The fourth-order valence-corrected chi connectivity index (χ4v) is 5.33. The predicted octanol–water partition coefficient (Wildman–Crippen LogP) is 2.73. The van der Waals surface area contributed by atoms with Crippen molar-refractivity contribution in [2.45, 2.75) is 18.9 Å². The fraction of sp³-hybridized carbons (Fsp3) is 0.480. The van der Waals surface area contributed by atoms with Crippen LogP contribution in [-0.2, 0) is 4.74 Å². The van der Waals surface area contributed by atoms with Crippen LogP contribution in [0, 0.1) is 5.92 Å². The monoisotopic (exact) mass is 512 g/mol. The number of nitrogens with one attached hydrogen (secondary N) is 2. The molecule has 0 unspecified atom stereocenters. The molecule has 2 saturated heterocycles. The molecule has 3 aliphatic rings. The van der Waals surface area contributed by atoms with E-state index >= 15 is 0 Å². The SMILES string of the molecule is COc1cc2c(cc1-n1nc(C(=O)NC3CN(CC4CCOCC4)C3)c3cnc(Cl)cc31)OCCN2. The first kappa shape index (κ1) is 23.3. The van der Waals surface area contributed by atoms with E-state index in [1.54, 1.807) is 24.1 Å². The summed E-state index contributed by atoms with van der Waals surface area (Å²) >= 11 is 6.24. The highest BCUT2D eigenvalue weighted by atomic mass is 35.5. The number of amides is 1. The highest BCUT2D eigenvalue weighted by molar-refractivity contribution is 6.30. The lowest BCUT2D eigenvalue weighted by Gasteiger charge is -2.41. The molecule has 6 rings (SSSR count). The molecule has 0 bridgehead atoms. The molecule has 2 fully saturated rings. The van der Waals surface area contributed by atoms with Crippen LogP contribution in [0.5, 0.6) is 11.5 Å². The van der Waals surface area contributed by atoms with Gasteiger partial charge in [0.25, 0.3) is 5.91 Å². The van der Waals surface area contributed by atoms with E-state index in [0.717, 1.165) is 57.9 Å².